The van der Waals surface area contributed by atoms with E-state index in [0.29, 0.717) is 9.49 Å². The number of benzene rings is 1. The van der Waals surface area contributed by atoms with Crippen molar-refractivity contribution >= 4 is 45.2 Å². The minimum Gasteiger partial charge on any atom is -0.326 e. The molecule has 1 aromatic carbocycles. The molecule has 0 aliphatic heterocycles. The van der Waals surface area contributed by atoms with Gasteiger partial charge in [-0.2, -0.15) is 0 Å². The normalized spacial score (nSPS) is 17.7. The van der Waals surface area contributed by atoms with Gasteiger partial charge in [0.15, 0.2) is 0 Å². The summed E-state index contributed by atoms with van der Waals surface area (Å²) in [6.45, 7) is 2.82. The molecular weight excluding hydrogens is 378 g/mol. The number of rotatable bonds is 3. The lowest BCUT2D eigenvalue weighted by molar-refractivity contribution is 0.276. The summed E-state index contributed by atoms with van der Waals surface area (Å²) in [5, 5.41) is -0.159. The lowest BCUT2D eigenvalue weighted by Crippen LogP contribution is -2.19. The molecule has 1 aliphatic rings. The van der Waals surface area contributed by atoms with Gasteiger partial charge in [0.2, 0.25) is 0 Å². The second kappa shape index (κ2) is 5.20. The Balaban J connectivity index is 2.13. The topological polar surface area (TPSA) is 17.8 Å². The molecule has 0 saturated heterocycles. The first-order valence-corrected chi connectivity index (χ1v) is 8.07. The molecule has 19 heavy (non-hydrogen) atoms. The minimum atomic E-state index is -0.184. The highest BCUT2D eigenvalue weighted by Gasteiger charge is 2.23. The number of aromatic nitrogens is 2. The Morgan fingerprint density at radius 3 is 2.84 bits per heavy atom. The second-order valence-electron chi connectivity index (χ2n) is 5.25. The molecule has 5 heteroatoms. The second-order valence-corrected chi connectivity index (χ2v) is 7.07. The van der Waals surface area contributed by atoms with Crippen LogP contribution in [0.1, 0.15) is 37.4 Å². The molecule has 3 rings (SSSR count). The summed E-state index contributed by atoms with van der Waals surface area (Å²) in [5.74, 6) is 1.36. The van der Waals surface area contributed by atoms with Gasteiger partial charge >= 0.3 is 0 Å². The average molecular weight is 393 g/mol. The van der Waals surface area contributed by atoms with Gasteiger partial charge in [0.05, 0.1) is 20.0 Å². The van der Waals surface area contributed by atoms with E-state index >= 15 is 0 Å². The van der Waals surface area contributed by atoms with Crippen molar-refractivity contribution < 1.29 is 4.39 Å². The molecule has 0 amide bonds. The lowest BCUT2D eigenvalue weighted by Gasteiger charge is -2.27. The molecule has 0 N–H and O–H groups in total. The van der Waals surface area contributed by atoms with Crippen LogP contribution in [0.4, 0.5) is 4.39 Å². The van der Waals surface area contributed by atoms with Crippen LogP contribution in [0.2, 0.25) is 0 Å². The smallest absolute Gasteiger partial charge is 0.138 e. The van der Waals surface area contributed by atoms with Crippen LogP contribution in [0.25, 0.3) is 11.0 Å². The maximum absolute atomic E-state index is 13.8. The van der Waals surface area contributed by atoms with E-state index in [9.17, 15) is 4.39 Å². The van der Waals surface area contributed by atoms with E-state index in [1.807, 2.05) is 29.5 Å². The standard InChI is InChI=1S/C14H15ClFIN2/c1-8(15)14-18-12-6-11(17)10(16)5-13(12)19(14)7-9-3-2-4-9/h5-6,8-9H,2-4,7H2,1H3. The molecule has 2 nitrogen and oxygen atoms in total. The van der Waals surface area contributed by atoms with Crippen molar-refractivity contribution in [3.05, 3.63) is 27.3 Å². The number of imidazole rings is 1. The maximum atomic E-state index is 13.8. The van der Waals surface area contributed by atoms with E-state index in [1.54, 1.807) is 12.1 Å². The summed E-state index contributed by atoms with van der Waals surface area (Å²) in [6, 6.07) is 3.39. The molecule has 1 saturated carbocycles. The van der Waals surface area contributed by atoms with Crippen molar-refractivity contribution in [1.29, 1.82) is 0 Å². The fourth-order valence-electron chi connectivity index (χ4n) is 2.57. The first-order valence-electron chi connectivity index (χ1n) is 6.55. The summed E-state index contributed by atoms with van der Waals surface area (Å²) in [4.78, 5) is 4.59. The van der Waals surface area contributed by atoms with Gasteiger partial charge in [0, 0.05) is 12.6 Å². The minimum absolute atomic E-state index is 0.159. The number of alkyl halides is 1. The van der Waals surface area contributed by atoms with E-state index in [-0.39, 0.29) is 11.2 Å². The molecule has 1 aliphatic carbocycles. The van der Waals surface area contributed by atoms with Gasteiger partial charge in [-0.25, -0.2) is 9.37 Å². The van der Waals surface area contributed by atoms with Crippen LogP contribution in [0.3, 0.4) is 0 Å². The van der Waals surface area contributed by atoms with Gasteiger partial charge in [-0.15, -0.1) is 11.6 Å². The van der Waals surface area contributed by atoms with Crippen molar-refractivity contribution in [1.82, 2.24) is 9.55 Å². The third-order valence-corrected chi connectivity index (χ3v) is 4.86. The van der Waals surface area contributed by atoms with Gasteiger partial charge in [0.1, 0.15) is 11.6 Å². The van der Waals surface area contributed by atoms with Crippen LogP contribution in [-0.4, -0.2) is 9.55 Å². The number of halogens is 3. The SMILES string of the molecule is CC(Cl)c1nc2cc(I)c(F)cc2n1CC1CCC1. The van der Waals surface area contributed by atoms with Gasteiger partial charge < -0.3 is 4.57 Å². The highest BCUT2D eigenvalue weighted by Crippen LogP contribution is 2.33. The van der Waals surface area contributed by atoms with E-state index in [0.717, 1.165) is 23.4 Å². The molecule has 0 spiro atoms. The summed E-state index contributed by atoms with van der Waals surface area (Å²) >= 11 is 8.22. The maximum Gasteiger partial charge on any atom is 0.138 e. The zero-order valence-electron chi connectivity index (χ0n) is 10.7. The van der Waals surface area contributed by atoms with E-state index in [2.05, 4.69) is 9.55 Å². The molecule has 1 unspecified atom stereocenters. The van der Waals surface area contributed by atoms with Crippen LogP contribution in [0.5, 0.6) is 0 Å². The monoisotopic (exact) mass is 392 g/mol. The van der Waals surface area contributed by atoms with Crippen LogP contribution in [0, 0.1) is 15.3 Å². The molecule has 1 atom stereocenters. The van der Waals surface area contributed by atoms with Crippen LogP contribution in [0.15, 0.2) is 12.1 Å². The quantitative estimate of drug-likeness (QED) is 0.538. The molecule has 0 bridgehead atoms. The molecule has 0 radical (unpaired) electrons. The molecule has 102 valence electrons. The molecule has 2 aromatic rings. The van der Waals surface area contributed by atoms with Crippen LogP contribution < -0.4 is 0 Å². The third-order valence-electron chi connectivity index (χ3n) is 3.84. The molecule has 1 aromatic heterocycles. The predicted octanol–water partition coefficient (Wildman–Crippen LogP) is 4.88. The Morgan fingerprint density at radius 1 is 1.53 bits per heavy atom. The van der Waals surface area contributed by atoms with E-state index in [1.165, 1.54) is 19.3 Å². The zero-order valence-corrected chi connectivity index (χ0v) is 13.6. The number of hydrogen-bond donors (Lipinski definition) is 0. The van der Waals surface area contributed by atoms with Gasteiger partial charge in [-0.1, -0.05) is 6.42 Å². The highest BCUT2D eigenvalue weighted by molar-refractivity contribution is 14.1. The summed E-state index contributed by atoms with van der Waals surface area (Å²) in [7, 11) is 0. The summed E-state index contributed by atoms with van der Waals surface area (Å²) < 4.78 is 16.5. The first kappa shape index (κ1) is 13.6. The fourth-order valence-corrected chi connectivity index (χ4v) is 3.19. The number of hydrogen-bond acceptors (Lipinski definition) is 1. The highest BCUT2D eigenvalue weighted by atomic mass is 127. The average Bonchev–Trinajstić information content (AvgIpc) is 2.63. The lowest BCUT2D eigenvalue weighted by atomic mass is 9.85. The molecule has 1 fully saturated rings. The molecule has 1 heterocycles. The Bertz CT molecular complexity index is 619. The van der Waals surface area contributed by atoms with Crippen molar-refractivity contribution in [2.75, 3.05) is 0 Å². The predicted molar refractivity (Wildman–Crippen MR) is 84.0 cm³/mol. The Hall–Kier alpha value is -0.360. The van der Waals surface area contributed by atoms with Gasteiger partial charge in [-0.05, 0) is 54.3 Å². The number of fused-ring (bicyclic) bond motifs is 1. The van der Waals surface area contributed by atoms with Crippen molar-refractivity contribution in [2.24, 2.45) is 5.92 Å². The molecular formula is C14H15ClFIN2. The Kier molecular flexibility index (Phi) is 3.73. The largest absolute Gasteiger partial charge is 0.326 e. The third kappa shape index (κ3) is 2.49. The van der Waals surface area contributed by atoms with Crippen LogP contribution in [-0.2, 0) is 6.54 Å². The Labute approximate surface area is 130 Å². The van der Waals surface area contributed by atoms with E-state index in [4.69, 9.17) is 11.6 Å². The van der Waals surface area contributed by atoms with Crippen molar-refractivity contribution in [3.8, 4) is 0 Å². The van der Waals surface area contributed by atoms with E-state index < -0.39 is 0 Å². The van der Waals surface area contributed by atoms with Gasteiger partial charge in [0.25, 0.3) is 0 Å². The van der Waals surface area contributed by atoms with Crippen molar-refractivity contribution in [2.45, 2.75) is 38.1 Å². The zero-order chi connectivity index (χ0) is 13.6. The first-order chi connectivity index (χ1) is 9.06. The number of nitrogens with zero attached hydrogens (tertiary/aromatic N) is 2. The Morgan fingerprint density at radius 2 is 2.26 bits per heavy atom. The summed E-state index contributed by atoms with van der Waals surface area (Å²) in [6.07, 6.45) is 3.81. The van der Waals surface area contributed by atoms with Crippen molar-refractivity contribution in [3.63, 3.8) is 0 Å². The fraction of sp³-hybridized carbons (Fsp3) is 0.500. The summed E-state index contributed by atoms with van der Waals surface area (Å²) in [5.41, 5.74) is 1.71. The van der Waals surface area contributed by atoms with Crippen LogP contribution >= 0.6 is 34.2 Å². The van der Waals surface area contributed by atoms with Gasteiger partial charge in [-0.3, -0.25) is 0 Å².